The second-order valence-corrected chi connectivity index (χ2v) is 9.38. The van der Waals surface area contributed by atoms with Gasteiger partial charge in [-0.05, 0) is 45.0 Å². The summed E-state index contributed by atoms with van der Waals surface area (Å²) in [5.41, 5.74) is 3.01. The van der Waals surface area contributed by atoms with Crippen molar-refractivity contribution < 1.29 is 9.53 Å². The van der Waals surface area contributed by atoms with E-state index in [0.29, 0.717) is 23.3 Å². The normalized spacial score (nSPS) is 12.8. The summed E-state index contributed by atoms with van der Waals surface area (Å²) in [5, 5.41) is 6.05. The van der Waals surface area contributed by atoms with Gasteiger partial charge in [0.05, 0.1) is 23.7 Å². The number of ether oxygens (including phenoxy) is 1. The van der Waals surface area contributed by atoms with Gasteiger partial charge >= 0.3 is 5.97 Å². The summed E-state index contributed by atoms with van der Waals surface area (Å²) in [6, 6.07) is 12.8. The zero-order chi connectivity index (χ0) is 24.6. The lowest BCUT2D eigenvalue weighted by molar-refractivity contribution is -0.146. The van der Waals surface area contributed by atoms with E-state index in [2.05, 4.69) is 21.0 Å². The maximum Gasteiger partial charge on any atom is 0.328 e. The predicted molar refractivity (Wildman–Crippen MR) is 139 cm³/mol. The number of hydrogen-bond acceptors (Lipinski definition) is 5. The summed E-state index contributed by atoms with van der Waals surface area (Å²) < 4.78 is 9.39. The van der Waals surface area contributed by atoms with Gasteiger partial charge in [-0.3, -0.25) is 4.79 Å². The van der Waals surface area contributed by atoms with Gasteiger partial charge in [0.15, 0.2) is 0 Å². The highest BCUT2D eigenvalue weighted by molar-refractivity contribution is 9.10. The van der Waals surface area contributed by atoms with Crippen molar-refractivity contribution in [2.75, 3.05) is 6.61 Å². The van der Waals surface area contributed by atoms with Gasteiger partial charge in [0.2, 0.25) is 0 Å². The van der Waals surface area contributed by atoms with Crippen LogP contribution in [-0.2, 0) is 9.53 Å². The standard InChI is InChI=1S/C26H27BrN4O3/c1-6-34-26(33)17(5)30-16(4)21(19-9-7-8-10-23(19)30)14-28-31-24(15(2)3)29-22-12-11-18(27)13-20(22)25(31)32/h7-15,17H,6H2,1-5H3/t17-/m0/s1. The Kier molecular flexibility index (Phi) is 6.70. The molecule has 0 N–H and O–H groups in total. The second-order valence-electron chi connectivity index (χ2n) is 8.46. The lowest BCUT2D eigenvalue weighted by Crippen LogP contribution is -2.23. The monoisotopic (exact) mass is 522 g/mol. The number of halogens is 1. The van der Waals surface area contributed by atoms with Crippen LogP contribution in [0.1, 0.15) is 56.7 Å². The Morgan fingerprint density at radius 2 is 1.91 bits per heavy atom. The molecule has 0 aliphatic carbocycles. The molecule has 0 saturated heterocycles. The van der Waals surface area contributed by atoms with E-state index in [-0.39, 0.29) is 17.4 Å². The van der Waals surface area contributed by atoms with Crippen molar-refractivity contribution in [3.8, 4) is 0 Å². The molecule has 0 saturated carbocycles. The van der Waals surface area contributed by atoms with Crippen LogP contribution >= 0.6 is 15.9 Å². The molecular weight excluding hydrogens is 496 g/mol. The van der Waals surface area contributed by atoms with Gasteiger partial charge in [-0.15, -0.1) is 0 Å². The predicted octanol–water partition coefficient (Wildman–Crippen LogP) is 5.55. The molecule has 2 aromatic carbocycles. The molecule has 4 aromatic rings. The first-order chi connectivity index (χ1) is 16.2. The van der Waals surface area contributed by atoms with Crippen molar-refractivity contribution in [1.82, 2.24) is 14.2 Å². The highest BCUT2D eigenvalue weighted by Crippen LogP contribution is 2.29. The minimum absolute atomic E-state index is 0.0100. The minimum atomic E-state index is -0.499. The summed E-state index contributed by atoms with van der Waals surface area (Å²) in [6.45, 7) is 9.85. The van der Waals surface area contributed by atoms with E-state index in [1.165, 1.54) is 4.68 Å². The topological polar surface area (TPSA) is 78.5 Å². The molecule has 0 radical (unpaired) electrons. The minimum Gasteiger partial charge on any atom is -0.464 e. The van der Waals surface area contributed by atoms with Crippen LogP contribution in [0.2, 0.25) is 0 Å². The van der Waals surface area contributed by atoms with E-state index in [1.54, 1.807) is 19.2 Å². The lowest BCUT2D eigenvalue weighted by atomic mass is 10.1. The summed E-state index contributed by atoms with van der Waals surface area (Å²) in [7, 11) is 0. The molecule has 0 bridgehead atoms. The average Bonchev–Trinajstić information content (AvgIpc) is 3.09. The Morgan fingerprint density at radius 3 is 2.62 bits per heavy atom. The number of hydrogen-bond donors (Lipinski definition) is 0. The molecule has 4 rings (SSSR count). The Labute approximate surface area is 206 Å². The lowest BCUT2D eigenvalue weighted by Gasteiger charge is -2.16. The van der Waals surface area contributed by atoms with Crippen LogP contribution in [0.4, 0.5) is 0 Å². The highest BCUT2D eigenvalue weighted by atomic mass is 79.9. The quantitative estimate of drug-likeness (QED) is 0.245. The van der Waals surface area contributed by atoms with E-state index in [1.807, 2.05) is 68.7 Å². The molecule has 34 heavy (non-hydrogen) atoms. The van der Waals surface area contributed by atoms with Gasteiger partial charge in [0, 0.05) is 32.6 Å². The number of nitrogens with zero attached hydrogens (tertiary/aromatic N) is 4. The van der Waals surface area contributed by atoms with Gasteiger partial charge in [0.25, 0.3) is 5.56 Å². The molecule has 8 heteroatoms. The van der Waals surface area contributed by atoms with Crippen LogP contribution in [0.15, 0.2) is 56.8 Å². The summed E-state index contributed by atoms with van der Waals surface area (Å²) in [5.74, 6) is 0.277. The van der Waals surface area contributed by atoms with Crippen molar-refractivity contribution >= 4 is 49.9 Å². The smallest absolute Gasteiger partial charge is 0.328 e. The molecule has 2 heterocycles. The number of esters is 1. The molecule has 0 spiro atoms. The van der Waals surface area contributed by atoms with Crippen molar-refractivity contribution in [1.29, 1.82) is 0 Å². The largest absolute Gasteiger partial charge is 0.464 e. The average molecular weight is 523 g/mol. The first kappa shape index (κ1) is 23.9. The van der Waals surface area contributed by atoms with Crippen LogP contribution in [0.3, 0.4) is 0 Å². The molecule has 7 nitrogen and oxygen atoms in total. The van der Waals surface area contributed by atoms with E-state index in [0.717, 1.165) is 26.6 Å². The molecule has 0 amide bonds. The molecule has 0 fully saturated rings. The summed E-state index contributed by atoms with van der Waals surface area (Å²) >= 11 is 3.44. The van der Waals surface area contributed by atoms with Crippen LogP contribution < -0.4 is 5.56 Å². The SMILES string of the molecule is CCOC(=O)[C@H](C)n1c(C)c(C=Nn2c(C(C)C)nc3ccc(Br)cc3c2=O)c2ccccc21. The maximum atomic E-state index is 13.4. The maximum absolute atomic E-state index is 13.4. The van der Waals surface area contributed by atoms with Crippen LogP contribution in [0, 0.1) is 6.92 Å². The van der Waals surface area contributed by atoms with Gasteiger partial charge in [0.1, 0.15) is 11.9 Å². The third-order valence-corrected chi connectivity index (χ3v) is 6.37. The Bertz CT molecular complexity index is 1480. The molecule has 1 atom stereocenters. The zero-order valence-corrected chi connectivity index (χ0v) is 21.5. The van der Waals surface area contributed by atoms with Crippen molar-refractivity contribution in [3.63, 3.8) is 0 Å². The van der Waals surface area contributed by atoms with Crippen molar-refractivity contribution in [2.24, 2.45) is 5.10 Å². The molecule has 0 unspecified atom stereocenters. The van der Waals surface area contributed by atoms with Crippen LogP contribution in [0.5, 0.6) is 0 Å². The second kappa shape index (κ2) is 9.54. The van der Waals surface area contributed by atoms with E-state index < -0.39 is 6.04 Å². The number of fused-ring (bicyclic) bond motifs is 2. The fraction of sp³-hybridized carbons (Fsp3) is 0.308. The summed E-state index contributed by atoms with van der Waals surface area (Å²) in [6.07, 6.45) is 1.69. The van der Waals surface area contributed by atoms with Crippen LogP contribution in [0.25, 0.3) is 21.8 Å². The van der Waals surface area contributed by atoms with E-state index in [4.69, 9.17) is 9.72 Å². The Balaban J connectivity index is 1.91. The molecule has 2 aromatic heterocycles. The van der Waals surface area contributed by atoms with Gasteiger partial charge in [-0.25, -0.2) is 9.78 Å². The highest BCUT2D eigenvalue weighted by Gasteiger charge is 2.23. The fourth-order valence-corrected chi connectivity index (χ4v) is 4.57. The first-order valence-electron chi connectivity index (χ1n) is 11.3. The Morgan fingerprint density at radius 1 is 1.18 bits per heavy atom. The van der Waals surface area contributed by atoms with E-state index in [9.17, 15) is 9.59 Å². The first-order valence-corrected chi connectivity index (χ1v) is 12.1. The Hall–Kier alpha value is -3.26. The number of benzene rings is 2. The van der Waals surface area contributed by atoms with Crippen molar-refractivity contribution in [3.05, 3.63) is 74.4 Å². The zero-order valence-electron chi connectivity index (χ0n) is 19.9. The number of carbonyl (C=O) groups excluding carboxylic acids is 1. The number of rotatable bonds is 6. The molecular formula is C26H27BrN4O3. The summed E-state index contributed by atoms with van der Waals surface area (Å²) in [4.78, 5) is 30.6. The number of carbonyl (C=O) groups is 1. The van der Waals surface area contributed by atoms with Gasteiger partial charge in [-0.1, -0.05) is 48.0 Å². The van der Waals surface area contributed by atoms with Crippen LogP contribution in [-0.4, -0.2) is 33.0 Å². The van der Waals surface area contributed by atoms with E-state index >= 15 is 0 Å². The third-order valence-electron chi connectivity index (χ3n) is 5.87. The molecule has 0 aliphatic heterocycles. The van der Waals surface area contributed by atoms with Gasteiger partial charge < -0.3 is 9.30 Å². The third kappa shape index (κ3) is 4.18. The fourth-order valence-electron chi connectivity index (χ4n) is 4.21. The number of para-hydroxylation sites is 1. The molecule has 176 valence electrons. The number of aromatic nitrogens is 3. The molecule has 0 aliphatic rings. The van der Waals surface area contributed by atoms with Crippen molar-refractivity contribution in [2.45, 2.75) is 46.6 Å². The van der Waals surface area contributed by atoms with Gasteiger partial charge in [-0.2, -0.15) is 9.78 Å².